The molecule has 0 bridgehead atoms. The summed E-state index contributed by atoms with van der Waals surface area (Å²) in [4.78, 5) is 12.7. The lowest BCUT2D eigenvalue weighted by Gasteiger charge is -2.12. The Balaban J connectivity index is 0.00000338. The number of rotatable bonds is 10. The first-order valence-electron chi connectivity index (χ1n) is 8.79. The van der Waals surface area contributed by atoms with Gasteiger partial charge in [0.1, 0.15) is 12.1 Å². The normalized spacial score (nSPS) is 11.1. The molecule has 0 aliphatic rings. The monoisotopic (exact) mass is 472 g/mol. The van der Waals surface area contributed by atoms with Crippen molar-refractivity contribution in [3.63, 3.8) is 0 Å². The molecule has 0 aromatic carbocycles. The summed E-state index contributed by atoms with van der Waals surface area (Å²) in [6.45, 7) is 5.31. The fourth-order valence-electron chi connectivity index (χ4n) is 2.20. The fourth-order valence-corrected chi connectivity index (χ4v) is 2.20. The van der Waals surface area contributed by atoms with Gasteiger partial charge in [0.15, 0.2) is 5.96 Å². The van der Waals surface area contributed by atoms with Crippen molar-refractivity contribution in [3.05, 3.63) is 42.6 Å². The molecule has 2 rings (SSSR count). The maximum atomic E-state index is 5.55. The van der Waals surface area contributed by atoms with Crippen molar-refractivity contribution in [2.45, 2.75) is 32.7 Å². The Morgan fingerprint density at radius 1 is 1.23 bits per heavy atom. The van der Waals surface area contributed by atoms with E-state index in [-0.39, 0.29) is 24.0 Å². The lowest BCUT2D eigenvalue weighted by Crippen LogP contribution is -2.37. The Morgan fingerprint density at radius 2 is 2.08 bits per heavy atom. The molecule has 2 N–H and O–H groups in total. The van der Waals surface area contributed by atoms with Crippen LogP contribution in [0.2, 0.25) is 0 Å². The lowest BCUT2D eigenvalue weighted by molar-refractivity contribution is 0.129. The summed E-state index contributed by atoms with van der Waals surface area (Å²) in [6, 6.07) is 4.02. The van der Waals surface area contributed by atoms with Gasteiger partial charge in [-0.3, -0.25) is 9.56 Å². The topological polar surface area (TPSA) is 76.4 Å². The third kappa shape index (κ3) is 8.13. The number of hydrogen-bond donors (Lipinski definition) is 2. The van der Waals surface area contributed by atoms with Gasteiger partial charge in [-0.25, -0.2) is 9.97 Å². The first kappa shape index (κ1) is 22.4. The number of aromatic nitrogens is 3. The number of hydrogen-bond acceptors (Lipinski definition) is 4. The van der Waals surface area contributed by atoms with E-state index >= 15 is 0 Å². The average Bonchev–Trinajstić information content (AvgIpc) is 3.18. The molecule has 2 heterocycles. The number of halogens is 1. The maximum Gasteiger partial charge on any atom is 0.191 e. The van der Waals surface area contributed by atoms with Crippen molar-refractivity contribution in [2.75, 3.05) is 26.8 Å². The van der Waals surface area contributed by atoms with Gasteiger partial charge in [0.2, 0.25) is 0 Å². The van der Waals surface area contributed by atoms with Gasteiger partial charge in [0, 0.05) is 51.9 Å². The van der Waals surface area contributed by atoms with Gasteiger partial charge in [0.05, 0.1) is 0 Å². The first-order chi connectivity index (χ1) is 12.3. The largest absolute Gasteiger partial charge is 0.381 e. The Bertz CT molecular complexity index is 615. The average molecular weight is 472 g/mol. The van der Waals surface area contributed by atoms with E-state index in [2.05, 4.69) is 32.5 Å². The van der Waals surface area contributed by atoms with Gasteiger partial charge in [-0.15, -0.1) is 24.0 Å². The van der Waals surface area contributed by atoms with Crippen molar-refractivity contribution in [3.8, 4) is 5.82 Å². The van der Waals surface area contributed by atoms with Crippen molar-refractivity contribution in [1.29, 1.82) is 0 Å². The molecule has 26 heavy (non-hydrogen) atoms. The van der Waals surface area contributed by atoms with Crippen molar-refractivity contribution < 1.29 is 4.74 Å². The molecule has 0 aliphatic heterocycles. The zero-order chi connectivity index (χ0) is 17.7. The quantitative estimate of drug-likeness (QED) is 0.241. The molecule has 0 radical (unpaired) electrons. The number of ether oxygens (including phenoxy) is 1. The van der Waals surface area contributed by atoms with Gasteiger partial charge in [-0.2, -0.15) is 0 Å². The SMILES string of the molecule is CCCCOCCCNC(=NC)NCc1ccc(-n2ccnc2)nc1.I. The van der Waals surface area contributed by atoms with Crippen LogP contribution in [0.5, 0.6) is 0 Å². The third-order valence-electron chi connectivity index (χ3n) is 3.66. The van der Waals surface area contributed by atoms with E-state index in [9.17, 15) is 0 Å². The highest BCUT2D eigenvalue weighted by molar-refractivity contribution is 14.0. The summed E-state index contributed by atoms with van der Waals surface area (Å²) in [5.41, 5.74) is 1.09. The standard InChI is InChI=1S/C18H28N6O.HI/c1-3-4-11-25-12-5-8-21-18(19-2)23-14-16-6-7-17(22-13-16)24-10-9-20-15-24;/h6-7,9-10,13,15H,3-5,8,11-12,14H2,1-2H3,(H2,19,21,23);1H. The van der Waals surface area contributed by atoms with E-state index < -0.39 is 0 Å². The molecular formula is C18H29IN6O. The van der Waals surface area contributed by atoms with Crippen LogP contribution in [0.1, 0.15) is 31.7 Å². The van der Waals surface area contributed by atoms with Gasteiger partial charge >= 0.3 is 0 Å². The van der Waals surface area contributed by atoms with Crippen LogP contribution in [-0.4, -0.2) is 47.3 Å². The summed E-state index contributed by atoms with van der Waals surface area (Å²) in [7, 11) is 1.77. The second-order valence-electron chi connectivity index (χ2n) is 5.67. The van der Waals surface area contributed by atoms with E-state index in [4.69, 9.17) is 4.74 Å². The third-order valence-corrected chi connectivity index (χ3v) is 3.66. The number of pyridine rings is 1. The van der Waals surface area contributed by atoms with Crippen LogP contribution in [0, 0.1) is 0 Å². The molecule has 0 aliphatic carbocycles. The summed E-state index contributed by atoms with van der Waals surface area (Å²) >= 11 is 0. The highest BCUT2D eigenvalue weighted by Crippen LogP contribution is 2.05. The molecule has 0 unspecified atom stereocenters. The van der Waals surface area contributed by atoms with Crippen molar-refractivity contribution in [2.24, 2.45) is 4.99 Å². The first-order valence-corrected chi connectivity index (χ1v) is 8.79. The Hall–Kier alpha value is -1.68. The fraction of sp³-hybridized carbons (Fsp3) is 0.500. The molecule has 0 saturated heterocycles. The maximum absolute atomic E-state index is 5.55. The van der Waals surface area contributed by atoms with Gasteiger partial charge in [0.25, 0.3) is 0 Å². The minimum absolute atomic E-state index is 0. The van der Waals surface area contributed by atoms with Gasteiger partial charge in [-0.1, -0.05) is 19.4 Å². The highest BCUT2D eigenvalue weighted by Gasteiger charge is 2.00. The lowest BCUT2D eigenvalue weighted by atomic mass is 10.3. The smallest absolute Gasteiger partial charge is 0.191 e. The second kappa shape index (κ2) is 13.5. The molecule has 144 valence electrons. The molecule has 7 nitrogen and oxygen atoms in total. The highest BCUT2D eigenvalue weighted by atomic mass is 127. The molecule has 0 amide bonds. The number of nitrogens with zero attached hydrogens (tertiary/aromatic N) is 4. The molecule has 2 aromatic rings. The van der Waals surface area contributed by atoms with Crippen LogP contribution in [0.4, 0.5) is 0 Å². The zero-order valence-electron chi connectivity index (χ0n) is 15.5. The van der Waals surface area contributed by atoms with Crippen LogP contribution in [-0.2, 0) is 11.3 Å². The Kier molecular flexibility index (Phi) is 11.6. The number of aliphatic imine (C=N–C) groups is 1. The van der Waals surface area contributed by atoms with Crippen LogP contribution >= 0.6 is 24.0 Å². The summed E-state index contributed by atoms with van der Waals surface area (Å²) in [5.74, 6) is 1.64. The van der Waals surface area contributed by atoms with Crippen LogP contribution < -0.4 is 10.6 Å². The number of nitrogens with one attached hydrogen (secondary N) is 2. The molecule has 8 heteroatoms. The van der Waals surface area contributed by atoms with Crippen LogP contribution in [0.15, 0.2) is 42.0 Å². The van der Waals surface area contributed by atoms with Gasteiger partial charge < -0.3 is 15.4 Å². The predicted molar refractivity (Wildman–Crippen MR) is 115 cm³/mol. The summed E-state index contributed by atoms with van der Waals surface area (Å²) in [5, 5.41) is 6.58. The number of guanidine groups is 1. The number of unbranched alkanes of at least 4 members (excludes halogenated alkanes) is 1. The van der Waals surface area contributed by atoms with E-state index in [1.165, 1.54) is 6.42 Å². The van der Waals surface area contributed by atoms with Crippen LogP contribution in [0.3, 0.4) is 0 Å². The molecule has 0 fully saturated rings. The molecule has 0 spiro atoms. The Labute approximate surface area is 172 Å². The number of imidazole rings is 1. The van der Waals surface area contributed by atoms with Gasteiger partial charge in [-0.05, 0) is 24.5 Å². The molecule has 0 atom stereocenters. The minimum atomic E-state index is 0. The predicted octanol–water partition coefficient (Wildman–Crippen LogP) is 2.76. The van der Waals surface area contributed by atoms with Crippen molar-refractivity contribution in [1.82, 2.24) is 25.2 Å². The zero-order valence-corrected chi connectivity index (χ0v) is 17.8. The van der Waals surface area contributed by atoms with E-state index in [1.54, 1.807) is 19.6 Å². The van der Waals surface area contributed by atoms with Crippen LogP contribution in [0.25, 0.3) is 5.82 Å². The molecule has 2 aromatic heterocycles. The Morgan fingerprint density at radius 3 is 2.73 bits per heavy atom. The second-order valence-corrected chi connectivity index (χ2v) is 5.67. The van der Waals surface area contributed by atoms with E-state index in [0.29, 0.717) is 6.54 Å². The van der Waals surface area contributed by atoms with Crippen molar-refractivity contribution >= 4 is 29.9 Å². The van der Waals surface area contributed by atoms with E-state index in [1.807, 2.05) is 29.1 Å². The minimum Gasteiger partial charge on any atom is -0.381 e. The summed E-state index contributed by atoms with van der Waals surface area (Å²) in [6.07, 6.45) is 10.5. The molecule has 0 saturated carbocycles. The summed E-state index contributed by atoms with van der Waals surface area (Å²) < 4.78 is 7.42. The van der Waals surface area contributed by atoms with E-state index in [0.717, 1.165) is 49.9 Å². The molecular weight excluding hydrogens is 443 g/mol.